The van der Waals surface area contributed by atoms with Crippen LogP contribution in [0.4, 0.5) is 5.69 Å². The number of carbonyl (C=O) groups is 1. The van der Waals surface area contributed by atoms with E-state index in [9.17, 15) is 13.2 Å². The molecule has 4 aromatic rings. The van der Waals surface area contributed by atoms with Crippen LogP contribution in [0, 0.1) is 6.92 Å². The van der Waals surface area contributed by atoms with Crippen LogP contribution in [-0.2, 0) is 21.4 Å². The molecule has 0 spiro atoms. The first-order chi connectivity index (χ1) is 21.0. The lowest BCUT2D eigenvalue weighted by Crippen LogP contribution is -2.39. The van der Waals surface area contributed by atoms with Gasteiger partial charge in [0.1, 0.15) is 18.9 Å². The molecule has 230 valence electrons. The highest BCUT2D eigenvalue weighted by Gasteiger charge is 2.29. The average Bonchev–Trinajstić information content (AvgIpc) is 3.00. The van der Waals surface area contributed by atoms with Gasteiger partial charge in [-0.2, -0.15) is 5.10 Å². The minimum atomic E-state index is -4.20. The summed E-state index contributed by atoms with van der Waals surface area (Å²) < 4.78 is 45.8. The van der Waals surface area contributed by atoms with Gasteiger partial charge in [-0.25, -0.2) is 13.8 Å². The Kier molecular flexibility index (Phi) is 11.1. The summed E-state index contributed by atoms with van der Waals surface area (Å²) in [5.74, 6) is 0.392. The Labute approximate surface area is 274 Å². The number of carbonyl (C=O) groups excluding carboxylic acids is 1. The van der Waals surface area contributed by atoms with Crippen molar-refractivity contribution in [1.82, 2.24) is 5.43 Å². The highest BCUT2D eigenvalue weighted by atomic mass is 79.9. The quantitative estimate of drug-likeness (QED) is 0.125. The number of halogens is 3. The summed E-state index contributed by atoms with van der Waals surface area (Å²) in [5.41, 5.74) is 4.75. The van der Waals surface area contributed by atoms with Gasteiger partial charge in [0.05, 0.1) is 35.5 Å². The predicted octanol–water partition coefficient (Wildman–Crippen LogP) is 7.01. The van der Waals surface area contributed by atoms with Gasteiger partial charge in [-0.3, -0.25) is 9.10 Å². The van der Waals surface area contributed by atoms with Crippen LogP contribution in [0.5, 0.6) is 17.2 Å². The number of nitrogens with zero attached hydrogens (tertiary/aromatic N) is 2. The molecule has 0 aliphatic rings. The molecule has 0 radical (unpaired) electrons. The van der Waals surface area contributed by atoms with Crippen molar-refractivity contribution < 1.29 is 27.4 Å². The number of rotatable bonds is 12. The Hall–Kier alpha value is -3.77. The lowest BCUT2D eigenvalue weighted by atomic mass is 10.2. The Bertz CT molecular complexity index is 1790. The maximum absolute atomic E-state index is 13.7. The summed E-state index contributed by atoms with van der Waals surface area (Å²) in [5, 5.41) is 4.88. The number of nitrogens with one attached hydrogen (secondary N) is 1. The molecular formula is C31H28BrCl2N3O6S. The molecule has 0 atom stereocenters. The van der Waals surface area contributed by atoms with E-state index in [0.717, 1.165) is 15.4 Å². The van der Waals surface area contributed by atoms with Crippen LogP contribution in [0.15, 0.2) is 93.3 Å². The molecule has 0 bridgehead atoms. The van der Waals surface area contributed by atoms with Gasteiger partial charge in [0.2, 0.25) is 0 Å². The van der Waals surface area contributed by atoms with Crippen LogP contribution in [0.2, 0.25) is 10.0 Å². The molecule has 0 heterocycles. The van der Waals surface area contributed by atoms with E-state index in [1.807, 2.05) is 25.1 Å². The molecule has 44 heavy (non-hydrogen) atoms. The summed E-state index contributed by atoms with van der Waals surface area (Å²) in [6.45, 7) is 1.46. The zero-order valence-electron chi connectivity index (χ0n) is 23.9. The average molecular weight is 721 g/mol. The van der Waals surface area contributed by atoms with Crippen LogP contribution in [-0.4, -0.2) is 41.3 Å². The molecule has 0 saturated heterocycles. The number of aryl methyl sites for hydroxylation is 1. The van der Waals surface area contributed by atoms with E-state index in [1.54, 1.807) is 36.4 Å². The monoisotopic (exact) mass is 719 g/mol. The van der Waals surface area contributed by atoms with Crippen molar-refractivity contribution in [3.05, 3.63) is 110 Å². The molecule has 1 amide bonds. The van der Waals surface area contributed by atoms with Crippen molar-refractivity contribution in [3.8, 4) is 17.2 Å². The summed E-state index contributed by atoms with van der Waals surface area (Å²) in [6, 6.07) is 21.5. The van der Waals surface area contributed by atoms with Gasteiger partial charge in [-0.05, 0) is 76.9 Å². The van der Waals surface area contributed by atoms with E-state index in [2.05, 4.69) is 26.5 Å². The smallest absolute Gasteiger partial charge is 0.264 e. The molecule has 0 aliphatic heterocycles. The topological polar surface area (TPSA) is 107 Å². The van der Waals surface area contributed by atoms with Crippen LogP contribution >= 0.6 is 39.1 Å². The second-order valence-electron chi connectivity index (χ2n) is 9.35. The number of benzene rings is 4. The Morgan fingerprint density at radius 2 is 1.68 bits per heavy atom. The summed E-state index contributed by atoms with van der Waals surface area (Å²) >= 11 is 15.9. The Balaban J connectivity index is 1.54. The number of hydrogen-bond donors (Lipinski definition) is 1. The van der Waals surface area contributed by atoms with Crippen LogP contribution in [0.25, 0.3) is 0 Å². The van der Waals surface area contributed by atoms with Crippen molar-refractivity contribution >= 4 is 67.0 Å². The second kappa shape index (κ2) is 14.8. The van der Waals surface area contributed by atoms with E-state index in [-0.39, 0.29) is 28.0 Å². The fraction of sp³-hybridized carbons (Fsp3) is 0.161. The van der Waals surface area contributed by atoms with Gasteiger partial charge in [-0.1, -0.05) is 59.1 Å². The second-order valence-corrected chi connectivity index (χ2v) is 12.9. The van der Waals surface area contributed by atoms with Gasteiger partial charge in [0, 0.05) is 15.6 Å². The SMILES string of the molecule is COc1ccc(Cl)cc1N(CC(=O)N/N=C/c1cc(Br)c(OCc2ccccc2Cl)c(OC)c1)S(=O)(=O)c1ccc(C)cc1. The standard InChI is InChI=1S/C31H28BrCl2N3O6S/c1-20-8-11-24(12-9-20)44(39,40)37(27-16-23(33)10-13-28(27)41-2)18-30(38)36-35-17-21-14-25(32)31(29(15-21)42-3)43-19-22-6-4-5-7-26(22)34/h4-17H,18-19H2,1-3H3,(H,36,38)/b35-17+. The fourth-order valence-electron chi connectivity index (χ4n) is 4.06. The van der Waals surface area contributed by atoms with Gasteiger partial charge < -0.3 is 14.2 Å². The van der Waals surface area contributed by atoms with Crippen LogP contribution < -0.4 is 23.9 Å². The zero-order valence-corrected chi connectivity index (χ0v) is 27.8. The third-order valence-corrected chi connectivity index (χ3v) is 9.26. The maximum atomic E-state index is 13.7. The number of sulfonamides is 1. The van der Waals surface area contributed by atoms with E-state index >= 15 is 0 Å². The predicted molar refractivity (Wildman–Crippen MR) is 176 cm³/mol. The fourth-order valence-corrected chi connectivity index (χ4v) is 6.41. The molecular weight excluding hydrogens is 693 g/mol. The molecule has 4 aromatic carbocycles. The number of methoxy groups -OCH3 is 2. The number of anilines is 1. The van der Waals surface area contributed by atoms with Crippen LogP contribution in [0.3, 0.4) is 0 Å². The van der Waals surface area contributed by atoms with E-state index < -0.39 is 22.5 Å². The molecule has 9 nitrogen and oxygen atoms in total. The van der Waals surface area contributed by atoms with Crippen molar-refractivity contribution in [1.29, 1.82) is 0 Å². The number of amides is 1. The summed E-state index contributed by atoms with van der Waals surface area (Å²) in [6.07, 6.45) is 1.39. The largest absolute Gasteiger partial charge is 0.495 e. The van der Waals surface area contributed by atoms with Crippen LogP contribution in [0.1, 0.15) is 16.7 Å². The highest BCUT2D eigenvalue weighted by molar-refractivity contribution is 9.10. The lowest BCUT2D eigenvalue weighted by Gasteiger charge is -2.25. The highest BCUT2D eigenvalue weighted by Crippen LogP contribution is 2.37. The summed E-state index contributed by atoms with van der Waals surface area (Å²) in [7, 11) is -1.31. The normalized spacial score (nSPS) is 11.3. The van der Waals surface area contributed by atoms with E-state index in [1.165, 1.54) is 44.7 Å². The lowest BCUT2D eigenvalue weighted by molar-refractivity contribution is -0.119. The Morgan fingerprint density at radius 1 is 0.977 bits per heavy atom. The molecule has 1 N–H and O–H groups in total. The number of ether oxygens (including phenoxy) is 3. The molecule has 4 rings (SSSR count). The molecule has 0 aliphatic carbocycles. The van der Waals surface area contributed by atoms with Crippen molar-refractivity contribution in [3.63, 3.8) is 0 Å². The summed E-state index contributed by atoms with van der Waals surface area (Å²) in [4.78, 5) is 13.1. The van der Waals surface area contributed by atoms with Crippen molar-refractivity contribution in [2.75, 3.05) is 25.1 Å². The first kappa shape index (κ1) is 33.1. The minimum absolute atomic E-state index is 0.00443. The first-order valence-corrected chi connectivity index (χ1v) is 16.0. The third kappa shape index (κ3) is 8.03. The zero-order chi connectivity index (χ0) is 31.9. The minimum Gasteiger partial charge on any atom is -0.495 e. The van der Waals surface area contributed by atoms with E-state index in [0.29, 0.717) is 26.6 Å². The van der Waals surface area contributed by atoms with Gasteiger partial charge in [-0.15, -0.1) is 0 Å². The third-order valence-electron chi connectivity index (χ3n) is 6.29. The van der Waals surface area contributed by atoms with Crippen molar-refractivity contribution in [2.24, 2.45) is 5.10 Å². The molecule has 0 aromatic heterocycles. The van der Waals surface area contributed by atoms with Crippen molar-refractivity contribution in [2.45, 2.75) is 18.4 Å². The van der Waals surface area contributed by atoms with E-state index in [4.69, 9.17) is 37.4 Å². The van der Waals surface area contributed by atoms with Gasteiger partial charge in [0.25, 0.3) is 15.9 Å². The molecule has 0 unspecified atom stereocenters. The number of hydrogen-bond acceptors (Lipinski definition) is 7. The number of hydrazone groups is 1. The molecule has 13 heteroatoms. The first-order valence-electron chi connectivity index (χ1n) is 13.0. The molecule has 0 fully saturated rings. The van der Waals surface area contributed by atoms with Gasteiger partial charge >= 0.3 is 0 Å². The Morgan fingerprint density at radius 3 is 2.36 bits per heavy atom. The van der Waals surface area contributed by atoms with Gasteiger partial charge in [0.15, 0.2) is 11.5 Å². The maximum Gasteiger partial charge on any atom is 0.264 e. The molecule has 0 saturated carbocycles.